The third kappa shape index (κ3) is 5.12. The van der Waals surface area contributed by atoms with Crippen LogP contribution in [0.5, 0.6) is 0 Å². The second-order valence-corrected chi connectivity index (χ2v) is 6.27. The second-order valence-electron chi connectivity index (χ2n) is 6.27. The van der Waals surface area contributed by atoms with Crippen molar-refractivity contribution >= 4 is 11.6 Å². The molecule has 0 heterocycles. The first kappa shape index (κ1) is 18.6. The fourth-order valence-corrected chi connectivity index (χ4v) is 2.50. The van der Waals surface area contributed by atoms with E-state index >= 15 is 0 Å². The summed E-state index contributed by atoms with van der Waals surface area (Å²) in [5.41, 5.74) is 1.88. The van der Waals surface area contributed by atoms with Crippen molar-refractivity contribution in [2.75, 3.05) is 27.2 Å². The van der Waals surface area contributed by atoms with Gasteiger partial charge in [0.15, 0.2) is 0 Å². The molecular weight excluding hydrogens is 318 g/mol. The molecule has 6 nitrogen and oxygen atoms in total. The molecule has 2 aromatic carbocycles. The van der Waals surface area contributed by atoms with E-state index in [9.17, 15) is 14.9 Å². The van der Waals surface area contributed by atoms with E-state index in [1.54, 1.807) is 24.0 Å². The molecule has 0 saturated heterocycles. The van der Waals surface area contributed by atoms with Crippen molar-refractivity contribution in [1.29, 1.82) is 0 Å². The van der Waals surface area contributed by atoms with Crippen molar-refractivity contribution < 1.29 is 9.72 Å². The van der Waals surface area contributed by atoms with Gasteiger partial charge < -0.3 is 9.80 Å². The third-order valence-corrected chi connectivity index (χ3v) is 3.97. The van der Waals surface area contributed by atoms with Gasteiger partial charge in [-0.25, -0.2) is 0 Å². The normalized spacial score (nSPS) is 10.7. The Labute approximate surface area is 147 Å². The van der Waals surface area contributed by atoms with E-state index in [1.807, 2.05) is 49.3 Å². The summed E-state index contributed by atoms with van der Waals surface area (Å²) < 4.78 is 0. The van der Waals surface area contributed by atoms with Gasteiger partial charge in [-0.2, -0.15) is 0 Å². The quantitative estimate of drug-likeness (QED) is 0.573. The predicted molar refractivity (Wildman–Crippen MR) is 97.6 cm³/mol. The first-order valence-electron chi connectivity index (χ1n) is 8.11. The molecule has 0 aliphatic carbocycles. The van der Waals surface area contributed by atoms with Crippen molar-refractivity contribution in [3.8, 4) is 0 Å². The van der Waals surface area contributed by atoms with E-state index in [-0.39, 0.29) is 11.6 Å². The number of nitrogens with zero attached hydrogens (tertiary/aromatic N) is 3. The molecule has 0 spiro atoms. The summed E-state index contributed by atoms with van der Waals surface area (Å²) in [4.78, 5) is 27.4. The number of likely N-dealkylation sites (N-methyl/N-ethyl adjacent to an activating group) is 1. The van der Waals surface area contributed by atoms with E-state index in [0.29, 0.717) is 30.8 Å². The summed E-state index contributed by atoms with van der Waals surface area (Å²) >= 11 is 0. The molecule has 0 aliphatic heterocycles. The molecule has 0 saturated carbocycles. The highest BCUT2D eigenvalue weighted by Crippen LogP contribution is 2.21. The maximum Gasteiger partial charge on any atom is 0.273 e. The molecule has 1 amide bonds. The Bertz CT molecular complexity index is 745. The minimum atomic E-state index is -0.451. The van der Waals surface area contributed by atoms with Crippen molar-refractivity contribution in [3.05, 3.63) is 75.3 Å². The maximum atomic E-state index is 12.9. The summed E-state index contributed by atoms with van der Waals surface area (Å²) in [6, 6.07) is 14.4. The summed E-state index contributed by atoms with van der Waals surface area (Å²) in [6.45, 7) is 3.39. The van der Waals surface area contributed by atoms with Gasteiger partial charge in [-0.1, -0.05) is 36.4 Å². The van der Waals surface area contributed by atoms with Crippen LogP contribution in [0.3, 0.4) is 0 Å². The summed E-state index contributed by atoms with van der Waals surface area (Å²) in [6.07, 6.45) is 0. The summed E-state index contributed by atoms with van der Waals surface area (Å²) in [7, 11) is 3.89. The van der Waals surface area contributed by atoms with Gasteiger partial charge in [0.1, 0.15) is 0 Å². The van der Waals surface area contributed by atoms with Crippen LogP contribution in [0.4, 0.5) is 5.69 Å². The molecule has 132 valence electrons. The van der Waals surface area contributed by atoms with Gasteiger partial charge >= 0.3 is 0 Å². The maximum absolute atomic E-state index is 12.9. The van der Waals surface area contributed by atoms with E-state index in [4.69, 9.17) is 0 Å². The molecule has 0 aromatic heterocycles. The van der Waals surface area contributed by atoms with Crippen molar-refractivity contribution in [3.63, 3.8) is 0 Å². The molecule has 0 aliphatic rings. The number of nitro benzene ring substituents is 1. The van der Waals surface area contributed by atoms with Gasteiger partial charge in [0, 0.05) is 36.8 Å². The highest BCUT2D eigenvalue weighted by atomic mass is 16.6. The standard InChI is InChI=1S/C19H23N3O3/c1-15-9-10-17(13-18(15)22(24)25)19(23)21(12-11-20(2)3)14-16-7-5-4-6-8-16/h4-10,13H,11-12,14H2,1-3H3. The van der Waals surface area contributed by atoms with E-state index in [1.165, 1.54) is 6.07 Å². The molecule has 0 radical (unpaired) electrons. The van der Waals surface area contributed by atoms with Gasteiger partial charge in [0.05, 0.1) is 4.92 Å². The Kier molecular flexibility index (Phi) is 6.25. The third-order valence-electron chi connectivity index (χ3n) is 3.97. The molecule has 2 aromatic rings. The molecular formula is C19H23N3O3. The number of carbonyl (C=O) groups excluding carboxylic acids is 1. The lowest BCUT2D eigenvalue weighted by molar-refractivity contribution is -0.385. The largest absolute Gasteiger partial charge is 0.333 e. The fraction of sp³-hybridized carbons (Fsp3) is 0.316. The van der Waals surface area contributed by atoms with Crippen LogP contribution >= 0.6 is 0 Å². The zero-order valence-corrected chi connectivity index (χ0v) is 14.8. The molecule has 0 N–H and O–H groups in total. The second kappa shape index (κ2) is 8.39. The number of benzene rings is 2. The van der Waals surface area contributed by atoms with Crippen LogP contribution in [0.2, 0.25) is 0 Å². The zero-order valence-electron chi connectivity index (χ0n) is 14.8. The van der Waals surface area contributed by atoms with Crippen LogP contribution in [-0.4, -0.2) is 47.8 Å². The Hall–Kier alpha value is -2.73. The smallest absolute Gasteiger partial charge is 0.273 e. The van der Waals surface area contributed by atoms with Crippen molar-refractivity contribution in [1.82, 2.24) is 9.80 Å². The first-order valence-corrected chi connectivity index (χ1v) is 8.11. The van der Waals surface area contributed by atoms with Gasteiger partial charge in [-0.15, -0.1) is 0 Å². The van der Waals surface area contributed by atoms with Gasteiger partial charge in [-0.3, -0.25) is 14.9 Å². The Morgan fingerprint density at radius 1 is 1.08 bits per heavy atom. The van der Waals surface area contributed by atoms with E-state index in [0.717, 1.165) is 5.56 Å². The minimum Gasteiger partial charge on any atom is -0.333 e. The number of aryl methyl sites for hydroxylation is 1. The first-order chi connectivity index (χ1) is 11.9. The predicted octanol–water partition coefficient (Wildman–Crippen LogP) is 3.11. The van der Waals surface area contributed by atoms with Gasteiger partial charge in [0.25, 0.3) is 11.6 Å². The topological polar surface area (TPSA) is 66.7 Å². The fourth-order valence-electron chi connectivity index (χ4n) is 2.50. The molecule has 0 bridgehead atoms. The molecule has 25 heavy (non-hydrogen) atoms. The lowest BCUT2D eigenvalue weighted by atomic mass is 10.1. The summed E-state index contributed by atoms with van der Waals surface area (Å²) in [5.74, 6) is -0.200. The number of nitro groups is 1. The number of rotatable bonds is 7. The van der Waals surface area contributed by atoms with E-state index in [2.05, 4.69) is 0 Å². The Morgan fingerprint density at radius 2 is 1.76 bits per heavy atom. The van der Waals surface area contributed by atoms with Crippen LogP contribution in [-0.2, 0) is 6.54 Å². The molecule has 6 heteroatoms. The monoisotopic (exact) mass is 341 g/mol. The highest BCUT2D eigenvalue weighted by molar-refractivity contribution is 5.95. The lowest BCUT2D eigenvalue weighted by Gasteiger charge is -2.24. The van der Waals surface area contributed by atoms with Gasteiger partial charge in [0.2, 0.25) is 0 Å². The van der Waals surface area contributed by atoms with Crippen LogP contribution in [0, 0.1) is 17.0 Å². The van der Waals surface area contributed by atoms with Crippen molar-refractivity contribution in [2.24, 2.45) is 0 Å². The minimum absolute atomic E-state index is 0.0295. The van der Waals surface area contributed by atoms with Crippen LogP contribution in [0.1, 0.15) is 21.5 Å². The Balaban J connectivity index is 2.27. The van der Waals surface area contributed by atoms with E-state index < -0.39 is 4.92 Å². The molecule has 0 atom stereocenters. The molecule has 0 fully saturated rings. The average Bonchev–Trinajstić information content (AvgIpc) is 2.59. The average molecular weight is 341 g/mol. The number of amides is 1. The Morgan fingerprint density at radius 3 is 2.36 bits per heavy atom. The molecule has 0 unspecified atom stereocenters. The zero-order chi connectivity index (χ0) is 18.4. The van der Waals surface area contributed by atoms with Gasteiger partial charge in [-0.05, 0) is 32.6 Å². The number of carbonyl (C=O) groups is 1. The highest BCUT2D eigenvalue weighted by Gasteiger charge is 2.20. The SMILES string of the molecule is Cc1ccc(C(=O)N(CCN(C)C)Cc2ccccc2)cc1[N+](=O)[O-]. The van der Waals surface area contributed by atoms with Crippen molar-refractivity contribution in [2.45, 2.75) is 13.5 Å². The number of hydrogen-bond donors (Lipinski definition) is 0. The lowest BCUT2D eigenvalue weighted by Crippen LogP contribution is -2.36. The number of hydrogen-bond acceptors (Lipinski definition) is 4. The molecule has 2 rings (SSSR count). The van der Waals surface area contributed by atoms with Crippen LogP contribution in [0.25, 0.3) is 0 Å². The summed E-state index contributed by atoms with van der Waals surface area (Å²) in [5, 5.41) is 11.1. The van der Waals surface area contributed by atoms with Crippen LogP contribution in [0.15, 0.2) is 48.5 Å². The van der Waals surface area contributed by atoms with Crippen LogP contribution < -0.4 is 0 Å².